The van der Waals surface area contributed by atoms with E-state index in [0.717, 1.165) is 64.2 Å². The molecule has 1 amide bonds. The third-order valence-corrected chi connectivity index (χ3v) is 12.8. The van der Waals surface area contributed by atoms with E-state index in [1.54, 1.807) is 0 Å². The highest BCUT2D eigenvalue weighted by Crippen LogP contribution is 2.17. The molecule has 366 valence electrons. The predicted molar refractivity (Wildman–Crippen MR) is 269 cm³/mol. The van der Waals surface area contributed by atoms with Gasteiger partial charge in [0.05, 0.1) is 25.4 Å². The van der Waals surface area contributed by atoms with E-state index in [0.29, 0.717) is 25.9 Å². The van der Waals surface area contributed by atoms with Crippen LogP contribution < -0.4 is 5.32 Å². The number of allylic oxidation sites excluding steroid dienone is 4. The molecule has 0 aromatic rings. The Morgan fingerprint density at radius 1 is 0.452 bits per heavy atom. The van der Waals surface area contributed by atoms with Crippen LogP contribution in [0.3, 0.4) is 0 Å². The van der Waals surface area contributed by atoms with Crippen LogP contribution in [0.15, 0.2) is 24.3 Å². The van der Waals surface area contributed by atoms with Crippen molar-refractivity contribution in [1.82, 2.24) is 5.32 Å². The van der Waals surface area contributed by atoms with Crippen LogP contribution in [0.5, 0.6) is 0 Å². The van der Waals surface area contributed by atoms with Crippen molar-refractivity contribution in [2.75, 3.05) is 13.2 Å². The fraction of sp³-hybridized carbons (Fsp3) is 0.893. The van der Waals surface area contributed by atoms with Crippen molar-refractivity contribution in [3.8, 4) is 0 Å². The molecule has 6 heteroatoms. The molecule has 0 bridgehead atoms. The maximum absolute atomic E-state index is 12.5. The van der Waals surface area contributed by atoms with E-state index < -0.39 is 12.1 Å². The van der Waals surface area contributed by atoms with Gasteiger partial charge in [-0.05, 0) is 57.8 Å². The normalized spacial score (nSPS) is 12.8. The second kappa shape index (κ2) is 52.0. The number of unbranched alkanes of at least 4 members (excludes halogenated alkanes) is 36. The summed E-state index contributed by atoms with van der Waals surface area (Å²) in [5, 5.41) is 23.3. The Labute approximate surface area is 386 Å². The fourth-order valence-corrected chi connectivity index (χ4v) is 8.49. The maximum atomic E-state index is 12.5. The third kappa shape index (κ3) is 47.8. The maximum Gasteiger partial charge on any atom is 0.305 e. The number of amides is 1. The molecule has 0 aliphatic rings. The summed E-state index contributed by atoms with van der Waals surface area (Å²) in [6.07, 6.45) is 61.5. The Balaban J connectivity index is 3.47. The zero-order chi connectivity index (χ0) is 45.1. The van der Waals surface area contributed by atoms with E-state index in [-0.39, 0.29) is 18.5 Å². The molecule has 0 aromatic heterocycles. The summed E-state index contributed by atoms with van der Waals surface area (Å²) in [5.41, 5.74) is 0. The van der Waals surface area contributed by atoms with Gasteiger partial charge in [-0.1, -0.05) is 250 Å². The van der Waals surface area contributed by atoms with Crippen LogP contribution in [0.1, 0.15) is 296 Å². The molecule has 0 aromatic carbocycles. The first-order valence-corrected chi connectivity index (χ1v) is 27.6. The van der Waals surface area contributed by atoms with Crippen molar-refractivity contribution in [3.63, 3.8) is 0 Å². The van der Waals surface area contributed by atoms with Crippen molar-refractivity contribution in [1.29, 1.82) is 0 Å². The minimum Gasteiger partial charge on any atom is -0.466 e. The van der Waals surface area contributed by atoms with Crippen LogP contribution in [0.25, 0.3) is 0 Å². The summed E-state index contributed by atoms with van der Waals surface area (Å²) >= 11 is 0. The lowest BCUT2D eigenvalue weighted by Crippen LogP contribution is -2.45. The van der Waals surface area contributed by atoms with Crippen LogP contribution in [0.4, 0.5) is 0 Å². The first-order valence-electron chi connectivity index (χ1n) is 27.6. The van der Waals surface area contributed by atoms with Crippen molar-refractivity contribution in [2.45, 2.75) is 309 Å². The van der Waals surface area contributed by atoms with E-state index in [4.69, 9.17) is 4.74 Å². The highest BCUT2D eigenvalue weighted by molar-refractivity contribution is 5.76. The Hall–Kier alpha value is -1.66. The van der Waals surface area contributed by atoms with E-state index in [9.17, 15) is 19.8 Å². The zero-order valence-corrected chi connectivity index (χ0v) is 41.6. The molecule has 0 aliphatic heterocycles. The molecule has 0 heterocycles. The standard InChI is InChI=1S/C56H107NO5/c1-3-5-7-9-11-13-15-17-19-21-22-24-26-28-30-34-38-42-46-50-56(61)62-51-47-43-39-35-31-33-37-41-45-49-55(60)57-53(52-58)54(59)48-44-40-36-32-29-27-25-23-20-18-16-14-12-10-8-6-4-2/h11,13,17,19,53-54,58-59H,3-10,12,14-16,18,20-52H2,1-2H3,(H,57,60)/b13-11-,19-17-. The van der Waals surface area contributed by atoms with E-state index in [2.05, 4.69) is 43.5 Å². The average molecular weight is 874 g/mol. The summed E-state index contributed by atoms with van der Waals surface area (Å²) in [7, 11) is 0. The molecule has 0 rings (SSSR count). The SMILES string of the molecule is CCCCC/C=C\C/C=C\CCCCCCCCCCCC(=O)OCCCCCCCCCCCC(=O)NC(CO)C(O)CCCCCCCCCCCCCCCCCCC. The van der Waals surface area contributed by atoms with E-state index in [1.807, 2.05) is 0 Å². The first-order chi connectivity index (χ1) is 30.5. The average Bonchev–Trinajstić information content (AvgIpc) is 3.27. The topological polar surface area (TPSA) is 95.9 Å². The van der Waals surface area contributed by atoms with Gasteiger partial charge >= 0.3 is 5.97 Å². The molecule has 0 radical (unpaired) electrons. The third-order valence-electron chi connectivity index (χ3n) is 12.8. The molecule has 0 spiro atoms. The number of carbonyl (C=O) groups is 2. The van der Waals surface area contributed by atoms with Gasteiger partial charge in [0.15, 0.2) is 0 Å². The fourth-order valence-electron chi connectivity index (χ4n) is 8.49. The van der Waals surface area contributed by atoms with E-state index >= 15 is 0 Å². The van der Waals surface area contributed by atoms with Crippen LogP contribution >= 0.6 is 0 Å². The smallest absolute Gasteiger partial charge is 0.305 e. The second-order valence-electron chi connectivity index (χ2n) is 18.9. The lowest BCUT2D eigenvalue weighted by molar-refractivity contribution is -0.143. The summed E-state index contributed by atoms with van der Waals surface area (Å²) < 4.78 is 5.47. The molecular weight excluding hydrogens is 767 g/mol. The number of hydrogen-bond donors (Lipinski definition) is 3. The summed E-state index contributed by atoms with van der Waals surface area (Å²) in [6.45, 7) is 4.88. The molecule has 0 fully saturated rings. The van der Waals surface area contributed by atoms with E-state index in [1.165, 1.54) is 199 Å². The molecule has 0 saturated carbocycles. The summed E-state index contributed by atoms with van der Waals surface area (Å²) in [5.74, 6) is -0.0893. The number of aliphatic hydroxyl groups is 2. The van der Waals surface area contributed by atoms with Gasteiger partial charge in [-0.2, -0.15) is 0 Å². The minimum absolute atomic E-state index is 0.0282. The van der Waals surface area contributed by atoms with Crippen LogP contribution in [0.2, 0.25) is 0 Å². The van der Waals surface area contributed by atoms with Crippen LogP contribution in [0, 0.1) is 0 Å². The Bertz CT molecular complexity index is 966. The zero-order valence-electron chi connectivity index (χ0n) is 41.6. The number of ether oxygens (including phenoxy) is 1. The molecule has 2 atom stereocenters. The molecule has 6 nitrogen and oxygen atoms in total. The molecule has 2 unspecified atom stereocenters. The van der Waals surface area contributed by atoms with Crippen LogP contribution in [-0.2, 0) is 14.3 Å². The summed E-state index contributed by atoms with van der Waals surface area (Å²) in [4.78, 5) is 24.6. The quantitative estimate of drug-likeness (QED) is 0.0321. The van der Waals surface area contributed by atoms with Crippen molar-refractivity contribution < 1.29 is 24.5 Å². The number of carbonyl (C=O) groups excluding carboxylic acids is 2. The van der Waals surface area contributed by atoms with Gasteiger partial charge in [0, 0.05) is 12.8 Å². The van der Waals surface area contributed by atoms with Gasteiger partial charge < -0.3 is 20.3 Å². The van der Waals surface area contributed by atoms with Gasteiger partial charge in [-0.25, -0.2) is 0 Å². The van der Waals surface area contributed by atoms with Gasteiger partial charge in [0.25, 0.3) is 0 Å². The molecule has 3 N–H and O–H groups in total. The number of esters is 1. The van der Waals surface area contributed by atoms with Gasteiger partial charge in [0.1, 0.15) is 0 Å². The summed E-state index contributed by atoms with van der Waals surface area (Å²) in [6, 6.07) is -0.562. The predicted octanol–water partition coefficient (Wildman–Crippen LogP) is 16.7. The number of rotatable bonds is 51. The van der Waals surface area contributed by atoms with Crippen LogP contribution in [-0.4, -0.2) is 47.4 Å². The Morgan fingerprint density at radius 2 is 0.806 bits per heavy atom. The van der Waals surface area contributed by atoms with Crippen molar-refractivity contribution in [2.24, 2.45) is 0 Å². The highest BCUT2D eigenvalue weighted by Gasteiger charge is 2.20. The van der Waals surface area contributed by atoms with Gasteiger partial charge in [0.2, 0.25) is 5.91 Å². The Kier molecular flexibility index (Phi) is 50.6. The first kappa shape index (κ1) is 60.3. The highest BCUT2D eigenvalue weighted by atomic mass is 16.5. The number of hydrogen-bond acceptors (Lipinski definition) is 5. The van der Waals surface area contributed by atoms with Gasteiger partial charge in [-0.15, -0.1) is 0 Å². The molecule has 0 saturated heterocycles. The molecule has 0 aliphatic carbocycles. The lowest BCUT2D eigenvalue weighted by Gasteiger charge is -2.22. The number of aliphatic hydroxyl groups excluding tert-OH is 2. The lowest BCUT2D eigenvalue weighted by atomic mass is 10.0. The van der Waals surface area contributed by atoms with Gasteiger partial charge in [-0.3, -0.25) is 9.59 Å². The number of nitrogens with one attached hydrogen (secondary N) is 1. The largest absolute Gasteiger partial charge is 0.466 e. The minimum atomic E-state index is -0.682. The molecule has 62 heavy (non-hydrogen) atoms. The monoisotopic (exact) mass is 874 g/mol. The van der Waals surface area contributed by atoms with Crippen molar-refractivity contribution in [3.05, 3.63) is 24.3 Å². The second-order valence-corrected chi connectivity index (χ2v) is 18.9. The molecular formula is C56H107NO5. The van der Waals surface area contributed by atoms with Crippen molar-refractivity contribution >= 4 is 11.9 Å². The Morgan fingerprint density at radius 3 is 1.26 bits per heavy atom.